The van der Waals surface area contributed by atoms with Crippen LogP contribution in [-0.4, -0.2) is 43.8 Å². The molecular formula is C9H20N2O. The fourth-order valence-corrected chi connectivity index (χ4v) is 1.60. The molecule has 0 bridgehead atoms. The Morgan fingerprint density at radius 3 is 3.08 bits per heavy atom. The van der Waals surface area contributed by atoms with E-state index in [0.717, 1.165) is 45.6 Å². The summed E-state index contributed by atoms with van der Waals surface area (Å²) in [5.74, 6) is 0. The number of nitrogens with two attached hydrogens (primary N) is 1. The van der Waals surface area contributed by atoms with Crippen molar-refractivity contribution in [3.8, 4) is 0 Å². The van der Waals surface area contributed by atoms with Gasteiger partial charge in [-0.3, -0.25) is 4.90 Å². The normalized spacial score (nSPS) is 27.0. The predicted octanol–water partition coefficient (Wildman–Crippen LogP) is 0.446. The quantitative estimate of drug-likeness (QED) is 0.671. The molecule has 72 valence electrons. The summed E-state index contributed by atoms with van der Waals surface area (Å²) in [6.45, 7) is 7.08. The topological polar surface area (TPSA) is 38.5 Å². The number of hydrogen-bond acceptors (Lipinski definition) is 3. The van der Waals surface area contributed by atoms with E-state index in [4.69, 9.17) is 10.5 Å². The molecule has 0 aliphatic carbocycles. The standard InChI is InChI=1S/C9H20N2O/c1-2-9-8-11(6-4-10)5-3-7-12-9/h9H,2-8,10H2,1H3. The molecule has 0 saturated carbocycles. The number of rotatable bonds is 3. The van der Waals surface area contributed by atoms with Crippen LogP contribution in [0, 0.1) is 0 Å². The highest BCUT2D eigenvalue weighted by molar-refractivity contribution is 4.68. The monoisotopic (exact) mass is 172 g/mol. The molecule has 1 aliphatic heterocycles. The van der Waals surface area contributed by atoms with Crippen molar-refractivity contribution in [2.75, 3.05) is 32.8 Å². The lowest BCUT2D eigenvalue weighted by Crippen LogP contribution is -2.35. The van der Waals surface area contributed by atoms with E-state index in [1.165, 1.54) is 0 Å². The van der Waals surface area contributed by atoms with Crippen LogP contribution < -0.4 is 5.73 Å². The molecule has 1 rings (SSSR count). The summed E-state index contributed by atoms with van der Waals surface area (Å²) in [5, 5.41) is 0. The summed E-state index contributed by atoms with van der Waals surface area (Å²) in [6.07, 6.45) is 2.69. The minimum atomic E-state index is 0.430. The molecule has 1 heterocycles. The summed E-state index contributed by atoms with van der Waals surface area (Å²) in [7, 11) is 0. The molecule has 3 heteroatoms. The van der Waals surface area contributed by atoms with Gasteiger partial charge in [-0.15, -0.1) is 0 Å². The van der Waals surface area contributed by atoms with Gasteiger partial charge >= 0.3 is 0 Å². The molecule has 2 N–H and O–H groups in total. The van der Waals surface area contributed by atoms with E-state index in [-0.39, 0.29) is 0 Å². The van der Waals surface area contributed by atoms with Gasteiger partial charge in [0.1, 0.15) is 0 Å². The molecule has 0 amide bonds. The highest BCUT2D eigenvalue weighted by Gasteiger charge is 2.15. The first-order valence-corrected chi connectivity index (χ1v) is 4.90. The minimum Gasteiger partial charge on any atom is -0.377 e. The van der Waals surface area contributed by atoms with Crippen LogP contribution in [0.3, 0.4) is 0 Å². The lowest BCUT2D eigenvalue weighted by molar-refractivity contribution is 0.0523. The van der Waals surface area contributed by atoms with Gasteiger partial charge in [-0.1, -0.05) is 6.92 Å². The summed E-state index contributed by atoms with van der Waals surface area (Å²) in [6, 6.07) is 0. The first-order chi connectivity index (χ1) is 5.86. The van der Waals surface area contributed by atoms with Crippen LogP contribution in [0.2, 0.25) is 0 Å². The lowest BCUT2D eigenvalue weighted by atomic mass is 10.2. The zero-order chi connectivity index (χ0) is 8.81. The Balaban J connectivity index is 2.31. The SMILES string of the molecule is CCC1CN(CCN)CCCO1. The third kappa shape index (κ3) is 3.09. The van der Waals surface area contributed by atoms with Crippen LogP contribution in [0.15, 0.2) is 0 Å². The first-order valence-electron chi connectivity index (χ1n) is 4.90. The van der Waals surface area contributed by atoms with Gasteiger partial charge in [0.25, 0.3) is 0 Å². The van der Waals surface area contributed by atoms with Crippen molar-refractivity contribution < 1.29 is 4.74 Å². The molecule has 1 atom stereocenters. The fourth-order valence-electron chi connectivity index (χ4n) is 1.60. The van der Waals surface area contributed by atoms with Crippen molar-refractivity contribution in [3.05, 3.63) is 0 Å². The van der Waals surface area contributed by atoms with Crippen molar-refractivity contribution >= 4 is 0 Å². The summed E-state index contributed by atoms with van der Waals surface area (Å²) in [5.41, 5.74) is 5.51. The molecule has 3 nitrogen and oxygen atoms in total. The van der Waals surface area contributed by atoms with Gasteiger partial charge in [-0.05, 0) is 12.8 Å². The zero-order valence-corrected chi connectivity index (χ0v) is 7.96. The maximum Gasteiger partial charge on any atom is 0.0699 e. The molecule has 0 aromatic carbocycles. The van der Waals surface area contributed by atoms with Crippen molar-refractivity contribution in [1.29, 1.82) is 0 Å². The Morgan fingerprint density at radius 1 is 1.58 bits per heavy atom. The summed E-state index contributed by atoms with van der Waals surface area (Å²) >= 11 is 0. The highest BCUT2D eigenvalue weighted by atomic mass is 16.5. The number of nitrogens with zero attached hydrogens (tertiary/aromatic N) is 1. The van der Waals surface area contributed by atoms with E-state index in [0.29, 0.717) is 6.10 Å². The molecule has 1 aliphatic rings. The van der Waals surface area contributed by atoms with E-state index in [2.05, 4.69) is 11.8 Å². The Morgan fingerprint density at radius 2 is 2.42 bits per heavy atom. The molecule has 0 spiro atoms. The van der Waals surface area contributed by atoms with Crippen LogP contribution in [0.25, 0.3) is 0 Å². The van der Waals surface area contributed by atoms with Gasteiger partial charge in [-0.25, -0.2) is 0 Å². The van der Waals surface area contributed by atoms with Crippen molar-refractivity contribution in [3.63, 3.8) is 0 Å². The van der Waals surface area contributed by atoms with Gasteiger partial charge in [0.05, 0.1) is 6.10 Å². The van der Waals surface area contributed by atoms with Gasteiger partial charge in [0, 0.05) is 32.8 Å². The summed E-state index contributed by atoms with van der Waals surface area (Å²) in [4.78, 5) is 2.40. The van der Waals surface area contributed by atoms with Crippen molar-refractivity contribution in [1.82, 2.24) is 4.90 Å². The van der Waals surface area contributed by atoms with Gasteiger partial charge in [0.2, 0.25) is 0 Å². The van der Waals surface area contributed by atoms with Crippen LogP contribution in [0.1, 0.15) is 19.8 Å². The predicted molar refractivity (Wildman–Crippen MR) is 50.1 cm³/mol. The summed E-state index contributed by atoms with van der Waals surface area (Å²) < 4.78 is 5.65. The molecular weight excluding hydrogens is 152 g/mol. The highest BCUT2D eigenvalue weighted by Crippen LogP contribution is 2.07. The Kier molecular flexibility index (Phi) is 4.58. The number of hydrogen-bond donors (Lipinski definition) is 1. The van der Waals surface area contributed by atoms with E-state index in [1.54, 1.807) is 0 Å². The molecule has 1 saturated heterocycles. The average molecular weight is 172 g/mol. The second kappa shape index (κ2) is 5.51. The van der Waals surface area contributed by atoms with Gasteiger partial charge in [0.15, 0.2) is 0 Å². The van der Waals surface area contributed by atoms with Crippen LogP contribution in [0.5, 0.6) is 0 Å². The Bertz CT molecular complexity index is 119. The Hall–Kier alpha value is -0.120. The maximum atomic E-state index is 5.65. The molecule has 0 aromatic heterocycles. The number of ether oxygens (including phenoxy) is 1. The van der Waals surface area contributed by atoms with E-state index >= 15 is 0 Å². The first kappa shape index (κ1) is 9.96. The van der Waals surface area contributed by atoms with Crippen molar-refractivity contribution in [2.45, 2.75) is 25.9 Å². The maximum absolute atomic E-state index is 5.65. The third-order valence-corrected chi connectivity index (χ3v) is 2.33. The third-order valence-electron chi connectivity index (χ3n) is 2.33. The van der Waals surface area contributed by atoms with Gasteiger partial charge < -0.3 is 10.5 Å². The van der Waals surface area contributed by atoms with E-state index in [1.807, 2.05) is 0 Å². The second-order valence-corrected chi connectivity index (χ2v) is 3.34. The van der Waals surface area contributed by atoms with Crippen LogP contribution in [-0.2, 0) is 4.74 Å². The minimum absolute atomic E-state index is 0.430. The van der Waals surface area contributed by atoms with Crippen LogP contribution in [0.4, 0.5) is 0 Å². The van der Waals surface area contributed by atoms with Crippen LogP contribution >= 0.6 is 0 Å². The Labute approximate surface area is 74.9 Å². The largest absolute Gasteiger partial charge is 0.377 e. The smallest absolute Gasteiger partial charge is 0.0699 e. The second-order valence-electron chi connectivity index (χ2n) is 3.34. The lowest BCUT2D eigenvalue weighted by Gasteiger charge is -2.21. The fraction of sp³-hybridized carbons (Fsp3) is 1.00. The van der Waals surface area contributed by atoms with Crippen molar-refractivity contribution in [2.24, 2.45) is 5.73 Å². The molecule has 1 fully saturated rings. The van der Waals surface area contributed by atoms with E-state index in [9.17, 15) is 0 Å². The molecule has 12 heavy (non-hydrogen) atoms. The molecule has 1 unspecified atom stereocenters. The van der Waals surface area contributed by atoms with E-state index < -0.39 is 0 Å². The molecule has 0 aromatic rings. The molecule has 0 radical (unpaired) electrons. The zero-order valence-electron chi connectivity index (χ0n) is 7.96. The average Bonchev–Trinajstić information content (AvgIpc) is 2.30. The van der Waals surface area contributed by atoms with Gasteiger partial charge in [-0.2, -0.15) is 0 Å².